The lowest BCUT2D eigenvalue weighted by Gasteiger charge is -2.09. The van der Waals surface area contributed by atoms with E-state index in [-0.39, 0.29) is 0 Å². The molecule has 0 unspecified atom stereocenters. The second kappa shape index (κ2) is 7.78. The van der Waals surface area contributed by atoms with Gasteiger partial charge in [-0.25, -0.2) is 9.59 Å². The van der Waals surface area contributed by atoms with Crippen LogP contribution in [0.1, 0.15) is 20.7 Å². The minimum Gasteiger partial charge on any atom is -0.496 e. The van der Waals surface area contributed by atoms with Crippen LogP contribution in [0.2, 0.25) is 0 Å². The summed E-state index contributed by atoms with van der Waals surface area (Å²) in [5.41, 5.74) is 0.761. The maximum atomic E-state index is 12.2. The summed E-state index contributed by atoms with van der Waals surface area (Å²) in [5.74, 6) is 0.0320. The minimum atomic E-state index is -0.503. The summed E-state index contributed by atoms with van der Waals surface area (Å²) in [6, 6.07) is 9.60. The van der Waals surface area contributed by atoms with E-state index in [4.69, 9.17) is 9.47 Å². The van der Waals surface area contributed by atoms with E-state index in [1.807, 2.05) is 0 Å². The zero-order valence-electron chi connectivity index (χ0n) is 12.3. The number of methoxy groups -OCH3 is 2. The molecule has 7 heteroatoms. The molecule has 0 N–H and O–H groups in total. The Labute approximate surface area is 155 Å². The number of carbonyl (C=O) groups excluding carboxylic acids is 2. The Balaban J connectivity index is 2.20. The van der Waals surface area contributed by atoms with Crippen molar-refractivity contribution in [3.05, 3.63) is 55.6 Å². The fourth-order valence-electron chi connectivity index (χ4n) is 1.78. The molecule has 0 atom stereocenters. The van der Waals surface area contributed by atoms with Gasteiger partial charge in [0.25, 0.3) is 0 Å². The Hall–Kier alpha value is -1.61. The first-order valence-corrected chi connectivity index (χ1v) is 8.27. The maximum absolute atomic E-state index is 12.2. The van der Waals surface area contributed by atoms with E-state index in [1.165, 1.54) is 25.3 Å². The van der Waals surface area contributed by atoms with Crippen LogP contribution in [0, 0.1) is 3.57 Å². The molecule has 0 aliphatic carbocycles. The van der Waals surface area contributed by atoms with Crippen molar-refractivity contribution < 1.29 is 23.8 Å². The Morgan fingerprint density at radius 2 is 1.57 bits per heavy atom. The molecule has 0 spiro atoms. The lowest BCUT2D eigenvalue weighted by molar-refractivity contribution is 0.0600. The molecule has 2 rings (SSSR count). The highest BCUT2D eigenvalue weighted by Gasteiger charge is 2.15. The predicted molar refractivity (Wildman–Crippen MR) is 96.2 cm³/mol. The second-order valence-electron chi connectivity index (χ2n) is 4.38. The fraction of sp³-hybridized carbons (Fsp3) is 0.125. The highest BCUT2D eigenvalue weighted by Crippen LogP contribution is 2.28. The van der Waals surface area contributed by atoms with E-state index < -0.39 is 11.9 Å². The summed E-state index contributed by atoms with van der Waals surface area (Å²) >= 11 is 5.36. The first kappa shape index (κ1) is 17.7. The molecule has 23 heavy (non-hydrogen) atoms. The number of benzene rings is 2. The van der Waals surface area contributed by atoms with Gasteiger partial charge in [-0.2, -0.15) is 0 Å². The quantitative estimate of drug-likeness (QED) is 0.367. The van der Waals surface area contributed by atoms with E-state index >= 15 is 0 Å². The van der Waals surface area contributed by atoms with Gasteiger partial charge in [-0.3, -0.25) is 0 Å². The van der Waals surface area contributed by atoms with Crippen LogP contribution in [0.15, 0.2) is 40.9 Å². The van der Waals surface area contributed by atoms with Crippen LogP contribution >= 0.6 is 38.5 Å². The molecule has 5 nitrogen and oxygen atoms in total. The highest BCUT2D eigenvalue weighted by molar-refractivity contribution is 14.1. The molecule has 0 amide bonds. The van der Waals surface area contributed by atoms with E-state index in [9.17, 15) is 9.59 Å². The zero-order chi connectivity index (χ0) is 17.0. The predicted octanol–water partition coefficient (Wildman–Crippen LogP) is 4.07. The molecular weight excluding hydrogens is 479 g/mol. The number of ether oxygens (including phenoxy) is 3. The Morgan fingerprint density at radius 3 is 2.09 bits per heavy atom. The van der Waals surface area contributed by atoms with Crippen LogP contribution in [0.5, 0.6) is 11.5 Å². The molecule has 0 fully saturated rings. The normalized spacial score (nSPS) is 10.1. The molecule has 0 heterocycles. The summed E-state index contributed by atoms with van der Waals surface area (Å²) in [5, 5.41) is 0. The van der Waals surface area contributed by atoms with Crippen molar-refractivity contribution in [2.75, 3.05) is 14.2 Å². The monoisotopic (exact) mass is 490 g/mol. The Bertz CT molecular complexity index is 760. The molecule has 0 saturated heterocycles. The molecule has 0 saturated carbocycles. The number of carbonyl (C=O) groups is 2. The van der Waals surface area contributed by atoms with Crippen molar-refractivity contribution >= 4 is 50.5 Å². The van der Waals surface area contributed by atoms with Gasteiger partial charge < -0.3 is 14.2 Å². The van der Waals surface area contributed by atoms with Gasteiger partial charge in [0.2, 0.25) is 0 Å². The van der Waals surface area contributed by atoms with Crippen LogP contribution in [0.3, 0.4) is 0 Å². The van der Waals surface area contributed by atoms with E-state index in [0.29, 0.717) is 27.1 Å². The lowest BCUT2D eigenvalue weighted by Crippen LogP contribution is -2.10. The highest BCUT2D eigenvalue weighted by atomic mass is 127. The smallest absolute Gasteiger partial charge is 0.343 e. The van der Waals surface area contributed by atoms with Gasteiger partial charge in [-0.05, 0) is 74.9 Å². The van der Waals surface area contributed by atoms with E-state index in [0.717, 1.165) is 3.57 Å². The summed E-state index contributed by atoms with van der Waals surface area (Å²) < 4.78 is 16.4. The molecular formula is C16H12BrIO5. The standard InChI is InChI=1S/C16H12BrIO5/c1-21-14-6-4-10(8-12(14)18)16(20)23-13-5-3-9(7-11(13)17)15(19)22-2/h3-8H,1-2H3. The molecule has 2 aromatic carbocycles. The number of hydrogen-bond donors (Lipinski definition) is 0. The number of hydrogen-bond acceptors (Lipinski definition) is 5. The molecule has 0 aromatic heterocycles. The van der Waals surface area contributed by atoms with E-state index in [2.05, 4.69) is 43.3 Å². The summed E-state index contributed by atoms with van der Waals surface area (Å²) in [4.78, 5) is 23.7. The topological polar surface area (TPSA) is 61.8 Å². The van der Waals surface area contributed by atoms with Gasteiger partial charge in [-0.15, -0.1) is 0 Å². The first-order valence-electron chi connectivity index (χ1n) is 6.40. The molecule has 0 bridgehead atoms. The summed E-state index contributed by atoms with van der Waals surface area (Å²) in [6.45, 7) is 0. The van der Waals surface area contributed by atoms with Crippen molar-refractivity contribution in [1.29, 1.82) is 0 Å². The van der Waals surface area contributed by atoms with Gasteiger partial charge >= 0.3 is 11.9 Å². The largest absolute Gasteiger partial charge is 0.496 e. The molecule has 0 radical (unpaired) electrons. The summed E-state index contributed by atoms with van der Waals surface area (Å²) in [7, 11) is 2.87. The number of halogens is 2. The second-order valence-corrected chi connectivity index (χ2v) is 6.39. The van der Waals surface area contributed by atoms with Gasteiger partial charge in [-0.1, -0.05) is 0 Å². The van der Waals surface area contributed by atoms with Gasteiger partial charge in [0, 0.05) is 0 Å². The van der Waals surface area contributed by atoms with Crippen LogP contribution in [-0.2, 0) is 4.74 Å². The number of rotatable bonds is 4. The average Bonchev–Trinajstić information content (AvgIpc) is 2.55. The van der Waals surface area contributed by atoms with Crippen LogP contribution in [0.25, 0.3) is 0 Å². The third-order valence-corrected chi connectivity index (χ3v) is 4.41. The average molecular weight is 491 g/mol. The molecule has 0 aliphatic rings. The summed E-state index contributed by atoms with van der Waals surface area (Å²) in [6.07, 6.45) is 0. The van der Waals surface area contributed by atoms with Gasteiger partial charge in [0.1, 0.15) is 11.5 Å². The lowest BCUT2D eigenvalue weighted by atomic mass is 10.2. The third kappa shape index (κ3) is 4.23. The van der Waals surface area contributed by atoms with Crippen molar-refractivity contribution in [2.24, 2.45) is 0 Å². The van der Waals surface area contributed by atoms with Gasteiger partial charge in [0.15, 0.2) is 0 Å². The molecule has 120 valence electrons. The van der Waals surface area contributed by atoms with Crippen molar-refractivity contribution in [1.82, 2.24) is 0 Å². The maximum Gasteiger partial charge on any atom is 0.343 e. The molecule has 0 aliphatic heterocycles. The zero-order valence-corrected chi connectivity index (χ0v) is 16.0. The Morgan fingerprint density at radius 1 is 0.957 bits per heavy atom. The van der Waals surface area contributed by atoms with Crippen molar-refractivity contribution in [2.45, 2.75) is 0 Å². The van der Waals surface area contributed by atoms with Crippen molar-refractivity contribution in [3.8, 4) is 11.5 Å². The fourth-order valence-corrected chi connectivity index (χ4v) is 2.98. The number of esters is 2. The van der Waals surface area contributed by atoms with Crippen LogP contribution in [-0.4, -0.2) is 26.2 Å². The minimum absolute atomic E-state index is 0.313. The van der Waals surface area contributed by atoms with Crippen LogP contribution < -0.4 is 9.47 Å². The van der Waals surface area contributed by atoms with Crippen molar-refractivity contribution in [3.63, 3.8) is 0 Å². The third-order valence-electron chi connectivity index (χ3n) is 2.94. The Kier molecular flexibility index (Phi) is 6.00. The SMILES string of the molecule is COC(=O)c1ccc(OC(=O)c2ccc(OC)c(I)c2)c(Br)c1. The van der Waals surface area contributed by atoms with Gasteiger partial charge in [0.05, 0.1) is 33.4 Å². The van der Waals surface area contributed by atoms with E-state index in [1.54, 1.807) is 25.3 Å². The first-order chi connectivity index (χ1) is 11.0. The molecule has 2 aromatic rings. The van der Waals surface area contributed by atoms with Crippen LogP contribution in [0.4, 0.5) is 0 Å².